The van der Waals surface area contributed by atoms with Crippen LogP contribution in [0.15, 0.2) is 36.4 Å². The Morgan fingerprint density at radius 2 is 2.13 bits per heavy atom. The first-order chi connectivity index (χ1) is 11.0. The molecular formula is C18H15ClO4. The lowest BCUT2D eigenvalue weighted by atomic mass is 10.0. The van der Waals surface area contributed by atoms with Crippen LogP contribution in [0.3, 0.4) is 0 Å². The van der Waals surface area contributed by atoms with Crippen molar-refractivity contribution in [2.75, 3.05) is 6.79 Å². The van der Waals surface area contributed by atoms with E-state index >= 15 is 0 Å². The van der Waals surface area contributed by atoms with E-state index in [-0.39, 0.29) is 23.9 Å². The quantitative estimate of drug-likeness (QED) is 0.679. The summed E-state index contributed by atoms with van der Waals surface area (Å²) >= 11 is 6.09. The number of fused-ring (bicyclic) bond motifs is 1. The van der Waals surface area contributed by atoms with Gasteiger partial charge in [-0.3, -0.25) is 4.79 Å². The van der Waals surface area contributed by atoms with E-state index in [4.69, 9.17) is 21.1 Å². The number of carbonyl (C=O) groups excluding carboxylic acids is 1. The fraction of sp³-hybridized carbons (Fsp3) is 0.167. The molecule has 2 aromatic carbocycles. The molecule has 0 saturated carbocycles. The second-order valence-corrected chi connectivity index (χ2v) is 5.75. The number of phenolic OH excluding ortho intramolecular Hbond substituents is 1. The highest BCUT2D eigenvalue weighted by Crippen LogP contribution is 2.32. The number of hydrogen-bond acceptors (Lipinski definition) is 4. The maximum absolute atomic E-state index is 12.3. The summed E-state index contributed by atoms with van der Waals surface area (Å²) < 4.78 is 10.7. The number of aryl methyl sites for hydroxylation is 1. The van der Waals surface area contributed by atoms with Crippen molar-refractivity contribution in [2.24, 2.45) is 0 Å². The number of allylic oxidation sites excluding steroid dienone is 1. The van der Waals surface area contributed by atoms with Crippen molar-refractivity contribution in [1.82, 2.24) is 0 Å². The smallest absolute Gasteiger partial charge is 0.189 e. The zero-order valence-corrected chi connectivity index (χ0v) is 13.3. The van der Waals surface area contributed by atoms with Crippen molar-refractivity contribution in [3.8, 4) is 11.5 Å². The average molecular weight is 331 g/mol. The second-order valence-electron chi connectivity index (χ2n) is 5.31. The van der Waals surface area contributed by atoms with Gasteiger partial charge in [0.1, 0.15) is 11.5 Å². The summed E-state index contributed by atoms with van der Waals surface area (Å²) in [7, 11) is 0. The van der Waals surface area contributed by atoms with E-state index in [0.29, 0.717) is 22.9 Å². The minimum absolute atomic E-state index is 0.0389. The molecule has 1 aliphatic rings. The molecule has 0 atom stereocenters. The van der Waals surface area contributed by atoms with Gasteiger partial charge in [0.25, 0.3) is 0 Å². The molecule has 0 fully saturated rings. The van der Waals surface area contributed by atoms with Crippen LogP contribution >= 0.6 is 11.6 Å². The van der Waals surface area contributed by atoms with Crippen LogP contribution in [-0.2, 0) is 11.3 Å². The van der Waals surface area contributed by atoms with Crippen molar-refractivity contribution in [3.63, 3.8) is 0 Å². The summed E-state index contributed by atoms with van der Waals surface area (Å²) in [6.07, 6.45) is 3.04. The molecule has 2 aromatic rings. The number of hydrogen-bond donors (Lipinski definition) is 1. The third-order valence-electron chi connectivity index (χ3n) is 3.54. The van der Waals surface area contributed by atoms with Gasteiger partial charge in [-0.2, -0.15) is 0 Å². The van der Waals surface area contributed by atoms with Gasteiger partial charge in [-0.25, -0.2) is 0 Å². The fourth-order valence-corrected chi connectivity index (χ4v) is 2.68. The van der Waals surface area contributed by atoms with E-state index in [9.17, 15) is 9.90 Å². The molecule has 0 radical (unpaired) electrons. The number of halogens is 1. The fourth-order valence-electron chi connectivity index (χ4n) is 2.43. The molecule has 5 heteroatoms. The molecule has 0 aromatic heterocycles. The number of ether oxygens (including phenoxy) is 2. The third kappa shape index (κ3) is 3.38. The molecule has 0 spiro atoms. The molecule has 23 heavy (non-hydrogen) atoms. The van der Waals surface area contributed by atoms with Gasteiger partial charge in [-0.15, -0.1) is 0 Å². The zero-order valence-electron chi connectivity index (χ0n) is 12.5. The van der Waals surface area contributed by atoms with Gasteiger partial charge in [-0.1, -0.05) is 23.2 Å². The minimum Gasteiger partial charge on any atom is -0.507 e. The van der Waals surface area contributed by atoms with Gasteiger partial charge in [0.05, 0.1) is 12.2 Å². The molecule has 1 aliphatic heterocycles. The van der Waals surface area contributed by atoms with Crippen LogP contribution < -0.4 is 4.74 Å². The Kier molecular flexibility index (Phi) is 4.37. The Hall–Kier alpha value is -2.30. The van der Waals surface area contributed by atoms with Crippen LogP contribution in [0, 0.1) is 6.92 Å². The predicted molar refractivity (Wildman–Crippen MR) is 87.9 cm³/mol. The van der Waals surface area contributed by atoms with Crippen molar-refractivity contribution in [3.05, 3.63) is 63.7 Å². The van der Waals surface area contributed by atoms with Gasteiger partial charge in [0.2, 0.25) is 0 Å². The van der Waals surface area contributed by atoms with Gasteiger partial charge >= 0.3 is 0 Å². The summed E-state index contributed by atoms with van der Waals surface area (Å²) in [6, 6.07) is 8.42. The Bertz CT molecular complexity index is 796. The van der Waals surface area contributed by atoms with Gasteiger partial charge in [0, 0.05) is 16.1 Å². The van der Waals surface area contributed by atoms with Crippen LogP contribution in [0.1, 0.15) is 27.0 Å². The number of benzene rings is 2. The number of ketones is 1. The van der Waals surface area contributed by atoms with E-state index in [1.54, 1.807) is 30.3 Å². The lowest BCUT2D eigenvalue weighted by molar-refractivity contribution is -0.0165. The predicted octanol–water partition coefficient (Wildman–Crippen LogP) is 4.12. The third-order valence-corrected chi connectivity index (χ3v) is 3.75. The van der Waals surface area contributed by atoms with Crippen LogP contribution in [0.4, 0.5) is 0 Å². The summed E-state index contributed by atoms with van der Waals surface area (Å²) in [5, 5.41) is 10.4. The normalized spacial score (nSPS) is 13.7. The molecule has 0 amide bonds. The highest BCUT2D eigenvalue weighted by atomic mass is 35.5. The molecule has 0 bridgehead atoms. The molecule has 0 saturated heterocycles. The maximum Gasteiger partial charge on any atom is 0.189 e. The molecule has 0 aliphatic carbocycles. The highest BCUT2D eigenvalue weighted by Gasteiger charge is 2.15. The highest BCUT2D eigenvalue weighted by molar-refractivity contribution is 6.30. The van der Waals surface area contributed by atoms with Gasteiger partial charge in [-0.05, 0) is 43.3 Å². The molecule has 118 valence electrons. The van der Waals surface area contributed by atoms with Crippen LogP contribution in [0.2, 0.25) is 5.02 Å². The summed E-state index contributed by atoms with van der Waals surface area (Å²) in [6.45, 7) is 2.45. The second kappa shape index (κ2) is 6.44. The molecule has 1 heterocycles. The van der Waals surface area contributed by atoms with E-state index in [1.807, 2.05) is 6.92 Å². The van der Waals surface area contributed by atoms with Crippen LogP contribution in [0.5, 0.6) is 11.5 Å². The zero-order chi connectivity index (χ0) is 16.4. The first kappa shape index (κ1) is 15.6. The standard InChI is InChI=1S/C18H15ClO4/c1-11-2-4-16(20)15(6-11)17(21)5-3-12-7-14(19)8-13-9-22-10-23-18(12)13/h2-8,20H,9-10H2,1H3. The average Bonchev–Trinajstić information content (AvgIpc) is 2.54. The molecule has 0 unspecified atom stereocenters. The molecular weight excluding hydrogens is 316 g/mol. The first-order valence-corrected chi connectivity index (χ1v) is 7.47. The Morgan fingerprint density at radius 3 is 2.96 bits per heavy atom. The number of rotatable bonds is 3. The van der Waals surface area contributed by atoms with Crippen molar-refractivity contribution in [1.29, 1.82) is 0 Å². The lowest BCUT2D eigenvalue weighted by Crippen LogP contribution is -2.12. The maximum atomic E-state index is 12.3. The number of aromatic hydroxyl groups is 1. The van der Waals surface area contributed by atoms with E-state index in [1.165, 1.54) is 12.1 Å². The number of phenols is 1. The molecule has 4 nitrogen and oxygen atoms in total. The Labute approximate surface area is 138 Å². The first-order valence-electron chi connectivity index (χ1n) is 7.09. The summed E-state index contributed by atoms with van der Waals surface area (Å²) in [5.41, 5.74) is 2.71. The topological polar surface area (TPSA) is 55.8 Å². The van der Waals surface area contributed by atoms with E-state index < -0.39 is 0 Å². The van der Waals surface area contributed by atoms with E-state index in [0.717, 1.165) is 11.1 Å². The van der Waals surface area contributed by atoms with Crippen molar-refractivity contribution >= 4 is 23.5 Å². The van der Waals surface area contributed by atoms with Gasteiger partial charge < -0.3 is 14.6 Å². The molecule has 3 rings (SSSR count). The SMILES string of the molecule is Cc1ccc(O)c(C(=O)C=Cc2cc(Cl)cc3c2OCOC3)c1. The molecule has 1 N–H and O–H groups in total. The summed E-state index contributed by atoms with van der Waals surface area (Å²) in [4.78, 5) is 12.3. The largest absolute Gasteiger partial charge is 0.507 e. The van der Waals surface area contributed by atoms with Gasteiger partial charge in [0.15, 0.2) is 12.6 Å². The Balaban J connectivity index is 1.92. The van der Waals surface area contributed by atoms with Crippen molar-refractivity contribution < 1.29 is 19.4 Å². The summed E-state index contributed by atoms with van der Waals surface area (Å²) in [5.74, 6) is 0.341. The van der Waals surface area contributed by atoms with Crippen molar-refractivity contribution in [2.45, 2.75) is 13.5 Å². The monoisotopic (exact) mass is 330 g/mol. The lowest BCUT2D eigenvalue weighted by Gasteiger charge is -2.19. The van der Waals surface area contributed by atoms with Crippen LogP contribution in [0.25, 0.3) is 6.08 Å². The van der Waals surface area contributed by atoms with Crippen LogP contribution in [-0.4, -0.2) is 17.7 Å². The Morgan fingerprint density at radius 1 is 1.30 bits per heavy atom. The van der Waals surface area contributed by atoms with E-state index in [2.05, 4.69) is 0 Å². The number of carbonyl (C=O) groups is 1. The minimum atomic E-state index is -0.285.